The molecule has 0 atom stereocenters. The Kier molecular flexibility index (Phi) is 8.83. The SMILES string of the molecule is Nc1ccccc1NC(=O)/C=C/c1ccc(CC(=O)N(Cc2ccccc2)NCc2ccccc2)cc1. The second-order valence-electron chi connectivity index (χ2n) is 8.61. The van der Waals surface area contributed by atoms with Gasteiger partial charge < -0.3 is 11.1 Å². The number of nitrogens with two attached hydrogens (primary N) is 1. The Morgan fingerprint density at radius 3 is 2.03 bits per heavy atom. The molecule has 0 bridgehead atoms. The van der Waals surface area contributed by atoms with Crippen molar-refractivity contribution in [1.29, 1.82) is 0 Å². The summed E-state index contributed by atoms with van der Waals surface area (Å²) in [6.07, 6.45) is 3.44. The van der Waals surface area contributed by atoms with Crippen molar-refractivity contribution >= 4 is 29.3 Å². The van der Waals surface area contributed by atoms with E-state index in [2.05, 4.69) is 10.7 Å². The Balaban J connectivity index is 1.36. The number of benzene rings is 4. The zero-order valence-electron chi connectivity index (χ0n) is 20.5. The molecule has 2 amide bonds. The highest BCUT2D eigenvalue weighted by molar-refractivity contribution is 6.03. The number of nitrogen functional groups attached to an aromatic ring is 1. The number of anilines is 2. The van der Waals surface area contributed by atoms with E-state index in [1.807, 2.05) is 97.1 Å². The average Bonchev–Trinajstić information content (AvgIpc) is 2.93. The number of carbonyl (C=O) groups is 2. The molecular formula is C31H30N4O2. The van der Waals surface area contributed by atoms with Gasteiger partial charge in [0, 0.05) is 12.6 Å². The number of hydrazine groups is 1. The van der Waals surface area contributed by atoms with Gasteiger partial charge in [0.2, 0.25) is 11.8 Å². The van der Waals surface area contributed by atoms with Gasteiger partial charge in [-0.2, -0.15) is 0 Å². The summed E-state index contributed by atoms with van der Waals surface area (Å²) in [6, 6.07) is 34.6. The van der Waals surface area contributed by atoms with Crippen LogP contribution in [0.5, 0.6) is 0 Å². The molecule has 37 heavy (non-hydrogen) atoms. The van der Waals surface area contributed by atoms with E-state index in [9.17, 15) is 9.59 Å². The molecule has 4 aromatic carbocycles. The Morgan fingerprint density at radius 2 is 1.35 bits per heavy atom. The average molecular weight is 491 g/mol. The van der Waals surface area contributed by atoms with E-state index in [0.717, 1.165) is 22.3 Å². The van der Waals surface area contributed by atoms with Crippen LogP contribution in [0.4, 0.5) is 11.4 Å². The minimum Gasteiger partial charge on any atom is -0.397 e. The van der Waals surface area contributed by atoms with Crippen molar-refractivity contribution in [2.24, 2.45) is 0 Å². The van der Waals surface area contributed by atoms with E-state index in [-0.39, 0.29) is 18.2 Å². The minimum atomic E-state index is -0.266. The van der Waals surface area contributed by atoms with Crippen molar-refractivity contribution in [1.82, 2.24) is 10.4 Å². The van der Waals surface area contributed by atoms with Crippen LogP contribution in [-0.4, -0.2) is 16.8 Å². The summed E-state index contributed by atoms with van der Waals surface area (Å²) < 4.78 is 0. The van der Waals surface area contributed by atoms with E-state index < -0.39 is 0 Å². The molecule has 0 aliphatic rings. The fraction of sp³-hybridized carbons (Fsp3) is 0.0968. The van der Waals surface area contributed by atoms with E-state index >= 15 is 0 Å². The van der Waals surface area contributed by atoms with Gasteiger partial charge in [0.1, 0.15) is 0 Å². The normalized spacial score (nSPS) is 10.8. The maximum atomic E-state index is 13.2. The molecule has 0 saturated carbocycles. The summed E-state index contributed by atoms with van der Waals surface area (Å²) in [5.41, 5.74) is 14.1. The van der Waals surface area contributed by atoms with E-state index in [4.69, 9.17) is 5.73 Å². The molecule has 0 saturated heterocycles. The van der Waals surface area contributed by atoms with Crippen LogP contribution in [0.15, 0.2) is 115 Å². The molecule has 0 aliphatic carbocycles. The van der Waals surface area contributed by atoms with Gasteiger partial charge in [-0.3, -0.25) is 14.6 Å². The van der Waals surface area contributed by atoms with Crippen molar-refractivity contribution < 1.29 is 9.59 Å². The molecule has 4 N–H and O–H groups in total. The molecule has 4 aromatic rings. The van der Waals surface area contributed by atoms with Gasteiger partial charge >= 0.3 is 0 Å². The first-order valence-electron chi connectivity index (χ1n) is 12.1. The van der Waals surface area contributed by atoms with Gasteiger partial charge in [-0.05, 0) is 40.5 Å². The number of hydrogen-bond acceptors (Lipinski definition) is 4. The molecule has 186 valence electrons. The molecule has 0 heterocycles. The summed E-state index contributed by atoms with van der Waals surface area (Å²) in [7, 11) is 0. The molecule has 0 aromatic heterocycles. The van der Waals surface area contributed by atoms with Crippen LogP contribution in [0.25, 0.3) is 6.08 Å². The second-order valence-corrected chi connectivity index (χ2v) is 8.61. The first-order valence-corrected chi connectivity index (χ1v) is 12.1. The monoisotopic (exact) mass is 490 g/mol. The molecule has 6 heteroatoms. The lowest BCUT2D eigenvalue weighted by Crippen LogP contribution is -2.42. The number of nitrogens with zero attached hydrogens (tertiary/aromatic N) is 1. The first kappa shape index (κ1) is 25.4. The second kappa shape index (κ2) is 12.9. The Bertz CT molecular complexity index is 1340. The van der Waals surface area contributed by atoms with Crippen LogP contribution in [0.2, 0.25) is 0 Å². The summed E-state index contributed by atoms with van der Waals surface area (Å²) in [4.78, 5) is 25.5. The molecule has 0 radical (unpaired) electrons. The van der Waals surface area contributed by atoms with Crippen molar-refractivity contribution in [3.05, 3.63) is 138 Å². The Morgan fingerprint density at radius 1 is 0.730 bits per heavy atom. The zero-order chi connectivity index (χ0) is 25.9. The predicted octanol–water partition coefficient (Wildman–Crippen LogP) is 5.20. The Labute approximate surface area is 217 Å². The lowest BCUT2D eigenvalue weighted by atomic mass is 10.1. The summed E-state index contributed by atoms with van der Waals surface area (Å²) >= 11 is 0. The lowest BCUT2D eigenvalue weighted by Gasteiger charge is -2.24. The van der Waals surface area contributed by atoms with Crippen LogP contribution in [-0.2, 0) is 29.1 Å². The molecule has 0 aliphatic heterocycles. The third-order valence-corrected chi connectivity index (χ3v) is 5.78. The van der Waals surface area contributed by atoms with Crippen molar-refractivity contribution in [3.8, 4) is 0 Å². The molecule has 0 fully saturated rings. The number of amides is 2. The fourth-order valence-corrected chi connectivity index (χ4v) is 3.75. The van der Waals surface area contributed by atoms with Crippen LogP contribution >= 0.6 is 0 Å². The van der Waals surface area contributed by atoms with Crippen molar-refractivity contribution in [2.45, 2.75) is 19.5 Å². The van der Waals surface area contributed by atoms with E-state index in [1.54, 1.807) is 23.2 Å². The van der Waals surface area contributed by atoms with Gasteiger partial charge in [-0.1, -0.05) is 97.1 Å². The topological polar surface area (TPSA) is 87.5 Å². The standard InChI is InChI=1S/C31H30N4O2/c32-28-13-7-8-14-29(28)34-30(36)20-19-24-15-17-25(18-16-24)21-31(37)35(23-27-11-5-2-6-12-27)33-22-26-9-3-1-4-10-26/h1-20,33H,21-23,32H2,(H,34,36)/b20-19+. The Hall–Kier alpha value is -4.68. The number of nitrogens with one attached hydrogen (secondary N) is 2. The van der Waals surface area contributed by atoms with Crippen molar-refractivity contribution in [2.75, 3.05) is 11.1 Å². The largest absolute Gasteiger partial charge is 0.397 e. The molecule has 0 spiro atoms. The van der Waals surface area contributed by atoms with Gasteiger partial charge in [0.25, 0.3) is 0 Å². The number of rotatable bonds is 10. The maximum Gasteiger partial charge on any atom is 0.248 e. The van der Waals surface area contributed by atoms with Crippen LogP contribution in [0.1, 0.15) is 22.3 Å². The van der Waals surface area contributed by atoms with Gasteiger partial charge in [0.15, 0.2) is 0 Å². The number of para-hydroxylation sites is 2. The molecular weight excluding hydrogens is 460 g/mol. The summed E-state index contributed by atoms with van der Waals surface area (Å²) in [6.45, 7) is 1.02. The van der Waals surface area contributed by atoms with Crippen molar-refractivity contribution in [3.63, 3.8) is 0 Å². The van der Waals surface area contributed by atoms with Crippen LogP contribution in [0, 0.1) is 0 Å². The van der Waals surface area contributed by atoms with Crippen LogP contribution < -0.4 is 16.5 Å². The molecule has 0 unspecified atom stereocenters. The van der Waals surface area contributed by atoms with Gasteiger partial charge in [-0.25, -0.2) is 5.43 Å². The highest BCUT2D eigenvalue weighted by atomic mass is 16.2. The van der Waals surface area contributed by atoms with E-state index in [1.165, 1.54) is 6.08 Å². The number of carbonyl (C=O) groups excluding carboxylic acids is 2. The summed E-state index contributed by atoms with van der Waals surface area (Å²) in [5.74, 6) is -0.291. The van der Waals surface area contributed by atoms with Crippen LogP contribution in [0.3, 0.4) is 0 Å². The van der Waals surface area contributed by atoms with E-state index in [0.29, 0.717) is 24.5 Å². The zero-order valence-corrected chi connectivity index (χ0v) is 20.5. The highest BCUT2D eigenvalue weighted by Gasteiger charge is 2.15. The lowest BCUT2D eigenvalue weighted by molar-refractivity contribution is -0.134. The third kappa shape index (κ3) is 7.92. The van der Waals surface area contributed by atoms with Gasteiger partial charge in [-0.15, -0.1) is 0 Å². The maximum absolute atomic E-state index is 13.2. The highest BCUT2D eigenvalue weighted by Crippen LogP contribution is 2.17. The predicted molar refractivity (Wildman–Crippen MR) is 149 cm³/mol. The smallest absolute Gasteiger partial charge is 0.248 e. The third-order valence-electron chi connectivity index (χ3n) is 5.78. The molecule has 4 rings (SSSR count). The fourth-order valence-electron chi connectivity index (χ4n) is 3.75. The molecule has 6 nitrogen and oxygen atoms in total. The number of hydrogen-bond donors (Lipinski definition) is 3. The summed E-state index contributed by atoms with van der Waals surface area (Å²) in [5, 5.41) is 4.44. The van der Waals surface area contributed by atoms with Gasteiger partial charge in [0.05, 0.1) is 24.3 Å². The minimum absolute atomic E-state index is 0.0251. The quantitative estimate of drug-likeness (QED) is 0.162. The first-order chi connectivity index (χ1) is 18.1.